The Morgan fingerprint density at radius 3 is 1.56 bits per heavy atom. The highest BCUT2D eigenvalue weighted by Gasteiger charge is 2.11. The van der Waals surface area contributed by atoms with Gasteiger partial charge in [-0.15, -0.1) is 0 Å². The second-order valence-electron chi connectivity index (χ2n) is 12.7. The third-order valence-corrected chi connectivity index (χ3v) is 8.27. The minimum Gasteiger partial charge on any atom is -0.481 e. The molecule has 0 fully saturated rings. The largest absolute Gasteiger partial charge is 0.481 e. The molecular formula is C41H72O4. The number of carbonyl (C=O) groups excluding carboxylic acids is 1. The van der Waals surface area contributed by atoms with Gasteiger partial charge >= 0.3 is 11.9 Å². The van der Waals surface area contributed by atoms with Crippen molar-refractivity contribution in [3.05, 3.63) is 48.6 Å². The molecule has 45 heavy (non-hydrogen) atoms. The van der Waals surface area contributed by atoms with Crippen LogP contribution in [0.4, 0.5) is 0 Å². The SMILES string of the molecule is CC/C=C\C/C=C\C/C=C\C(CCCCCCCCC(=O)O)OC(=O)CCCCCCCCC/C=C\CCCCCCCCC. The van der Waals surface area contributed by atoms with Crippen LogP contribution in [-0.2, 0) is 14.3 Å². The first-order valence-corrected chi connectivity index (χ1v) is 19.1. The second kappa shape index (κ2) is 36.4. The third kappa shape index (κ3) is 36.2. The number of aliphatic carboxylic acids is 1. The summed E-state index contributed by atoms with van der Waals surface area (Å²) in [6, 6.07) is 0. The molecule has 0 heterocycles. The molecule has 1 unspecified atom stereocenters. The van der Waals surface area contributed by atoms with Crippen LogP contribution in [0.1, 0.15) is 194 Å². The summed E-state index contributed by atoms with van der Waals surface area (Å²) >= 11 is 0. The quantitative estimate of drug-likeness (QED) is 0.0437. The Hall–Kier alpha value is -2.10. The normalized spacial score (nSPS) is 12.8. The lowest BCUT2D eigenvalue weighted by Gasteiger charge is -2.14. The zero-order valence-corrected chi connectivity index (χ0v) is 29.7. The molecule has 0 spiro atoms. The number of carbonyl (C=O) groups is 2. The van der Waals surface area contributed by atoms with Gasteiger partial charge in [0.1, 0.15) is 6.10 Å². The molecule has 0 saturated carbocycles. The maximum atomic E-state index is 12.6. The molecule has 1 atom stereocenters. The van der Waals surface area contributed by atoms with Crippen LogP contribution in [0, 0.1) is 0 Å². The van der Waals surface area contributed by atoms with Gasteiger partial charge in [-0.05, 0) is 76.7 Å². The summed E-state index contributed by atoms with van der Waals surface area (Å²) in [7, 11) is 0. The molecule has 0 saturated heterocycles. The molecule has 4 nitrogen and oxygen atoms in total. The van der Waals surface area contributed by atoms with Gasteiger partial charge in [-0.1, -0.05) is 153 Å². The highest BCUT2D eigenvalue weighted by molar-refractivity contribution is 5.69. The van der Waals surface area contributed by atoms with Crippen LogP contribution in [0.25, 0.3) is 0 Å². The van der Waals surface area contributed by atoms with Crippen LogP contribution in [0.2, 0.25) is 0 Å². The lowest BCUT2D eigenvalue weighted by molar-refractivity contribution is -0.147. The van der Waals surface area contributed by atoms with Gasteiger partial charge in [-0.3, -0.25) is 9.59 Å². The van der Waals surface area contributed by atoms with E-state index in [1.54, 1.807) is 0 Å². The molecule has 0 aromatic rings. The van der Waals surface area contributed by atoms with E-state index in [1.807, 2.05) is 0 Å². The molecular weight excluding hydrogens is 556 g/mol. The van der Waals surface area contributed by atoms with Crippen LogP contribution in [-0.4, -0.2) is 23.1 Å². The number of carboxylic acids is 1. The molecule has 1 N–H and O–H groups in total. The maximum absolute atomic E-state index is 12.6. The van der Waals surface area contributed by atoms with Gasteiger partial charge in [0.25, 0.3) is 0 Å². The molecule has 0 radical (unpaired) electrons. The predicted molar refractivity (Wildman–Crippen MR) is 195 cm³/mol. The Morgan fingerprint density at radius 1 is 0.533 bits per heavy atom. The lowest BCUT2D eigenvalue weighted by atomic mass is 10.1. The zero-order valence-electron chi connectivity index (χ0n) is 29.7. The van der Waals surface area contributed by atoms with Crippen molar-refractivity contribution in [2.45, 2.75) is 200 Å². The molecule has 0 aliphatic heterocycles. The van der Waals surface area contributed by atoms with E-state index in [0.717, 1.165) is 77.0 Å². The van der Waals surface area contributed by atoms with Gasteiger partial charge in [0, 0.05) is 12.8 Å². The van der Waals surface area contributed by atoms with Gasteiger partial charge in [-0.25, -0.2) is 0 Å². The third-order valence-electron chi connectivity index (χ3n) is 8.27. The van der Waals surface area contributed by atoms with E-state index in [1.165, 1.54) is 89.9 Å². The molecule has 0 aromatic carbocycles. The van der Waals surface area contributed by atoms with Crippen molar-refractivity contribution < 1.29 is 19.4 Å². The monoisotopic (exact) mass is 629 g/mol. The topological polar surface area (TPSA) is 63.6 Å². The standard InChI is InChI=1S/C41H72O4/c1-3-5-7-9-11-13-14-15-16-17-18-19-20-21-22-24-30-34-38-41(44)45-39(35-31-27-23-12-10-8-6-4-2)36-32-28-25-26-29-33-37-40(42)43/h6,8,12,16-17,23,31,35,39H,3-5,7,9-11,13-15,18-22,24-30,32-34,36-38H2,1-2H3,(H,42,43)/b8-6-,17-16-,23-12-,35-31-. The van der Waals surface area contributed by atoms with Gasteiger partial charge in [0.15, 0.2) is 0 Å². The number of esters is 1. The number of allylic oxidation sites excluding steroid dienone is 7. The van der Waals surface area contributed by atoms with E-state index in [0.29, 0.717) is 6.42 Å². The first-order valence-electron chi connectivity index (χ1n) is 19.1. The molecule has 0 aromatic heterocycles. The van der Waals surface area contributed by atoms with Crippen molar-refractivity contribution in [3.8, 4) is 0 Å². The number of unbranched alkanes of at least 4 members (excludes halogenated alkanes) is 19. The van der Waals surface area contributed by atoms with Crippen molar-refractivity contribution in [3.63, 3.8) is 0 Å². The summed E-state index contributed by atoms with van der Waals surface area (Å²) in [5, 5.41) is 8.76. The maximum Gasteiger partial charge on any atom is 0.306 e. The molecule has 0 aliphatic carbocycles. The van der Waals surface area contributed by atoms with Crippen molar-refractivity contribution in [2.24, 2.45) is 0 Å². The fraction of sp³-hybridized carbons (Fsp3) is 0.756. The summed E-state index contributed by atoms with van der Waals surface area (Å²) in [5.74, 6) is -0.775. The van der Waals surface area contributed by atoms with E-state index in [2.05, 4.69) is 62.5 Å². The first-order chi connectivity index (χ1) is 22.1. The minimum atomic E-state index is -0.707. The summed E-state index contributed by atoms with van der Waals surface area (Å²) in [6.45, 7) is 4.42. The predicted octanol–water partition coefficient (Wildman–Crippen LogP) is 13.2. The van der Waals surface area contributed by atoms with Gasteiger partial charge in [0.05, 0.1) is 0 Å². The van der Waals surface area contributed by atoms with Crippen molar-refractivity contribution in [1.82, 2.24) is 0 Å². The average Bonchev–Trinajstić information content (AvgIpc) is 3.02. The van der Waals surface area contributed by atoms with E-state index in [-0.39, 0.29) is 18.5 Å². The summed E-state index contributed by atoms with van der Waals surface area (Å²) in [4.78, 5) is 23.2. The molecule has 0 aliphatic rings. The van der Waals surface area contributed by atoms with Crippen molar-refractivity contribution in [2.75, 3.05) is 0 Å². The second-order valence-corrected chi connectivity index (χ2v) is 12.7. The Bertz CT molecular complexity index is 763. The van der Waals surface area contributed by atoms with Gasteiger partial charge in [0.2, 0.25) is 0 Å². The van der Waals surface area contributed by atoms with E-state index in [9.17, 15) is 9.59 Å². The molecule has 260 valence electrons. The number of hydrogen-bond acceptors (Lipinski definition) is 3. The van der Waals surface area contributed by atoms with E-state index < -0.39 is 5.97 Å². The highest BCUT2D eigenvalue weighted by atomic mass is 16.5. The molecule has 0 bridgehead atoms. The van der Waals surface area contributed by atoms with Crippen LogP contribution in [0.5, 0.6) is 0 Å². The Balaban J connectivity index is 4.03. The summed E-state index contributed by atoms with van der Waals surface area (Å²) in [5.41, 5.74) is 0. The summed E-state index contributed by atoms with van der Waals surface area (Å²) < 4.78 is 5.88. The number of ether oxygens (including phenoxy) is 1. The Labute approximate surface area is 279 Å². The Morgan fingerprint density at radius 2 is 1.00 bits per heavy atom. The van der Waals surface area contributed by atoms with Crippen molar-refractivity contribution in [1.29, 1.82) is 0 Å². The zero-order chi connectivity index (χ0) is 32.9. The number of carboxylic acid groups (broad SMARTS) is 1. The fourth-order valence-corrected chi connectivity index (χ4v) is 5.46. The van der Waals surface area contributed by atoms with Gasteiger partial charge < -0.3 is 9.84 Å². The Kier molecular flexibility index (Phi) is 34.7. The van der Waals surface area contributed by atoms with Crippen LogP contribution >= 0.6 is 0 Å². The van der Waals surface area contributed by atoms with E-state index in [4.69, 9.17) is 9.84 Å². The smallest absolute Gasteiger partial charge is 0.306 e. The van der Waals surface area contributed by atoms with Crippen molar-refractivity contribution >= 4 is 11.9 Å². The number of hydrogen-bond donors (Lipinski definition) is 1. The van der Waals surface area contributed by atoms with E-state index >= 15 is 0 Å². The lowest BCUT2D eigenvalue weighted by Crippen LogP contribution is -2.16. The highest BCUT2D eigenvalue weighted by Crippen LogP contribution is 2.15. The molecule has 0 amide bonds. The molecule has 0 rings (SSSR count). The van der Waals surface area contributed by atoms with Crippen LogP contribution in [0.3, 0.4) is 0 Å². The van der Waals surface area contributed by atoms with Crippen LogP contribution in [0.15, 0.2) is 48.6 Å². The first kappa shape index (κ1) is 42.9. The minimum absolute atomic E-state index is 0.0677. The summed E-state index contributed by atoms with van der Waals surface area (Å²) in [6.07, 6.45) is 48.6. The van der Waals surface area contributed by atoms with Gasteiger partial charge in [-0.2, -0.15) is 0 Å². The van der Waals surface area contributed by atoms with Crippen LogP contribution < -0.4 is 0 Å². The average molecular weight is 629 g/mol. The fourth-order valence-electron chi connectivity index (χ4n) is 5.46. The molecule has 4 heteroatoms. The number of rotatable bonds is 34.